The van der Waals surface area contributed by atoms with Crippen molar-refractivity contribution in [1.29, 1.82) is 0 Å². The van der Waals surface area contributed by atoms with Crippen molar-refractivity contribution in [1.82, 2.24) is 0 Å². The van der Waals surface area contributed by atoms with Gasteiger partial charge in [-0.1, -0.05) is 75.5 Å². The summed E-state index contributed by atoms with van der Waals surface area (Å²) >= 11 is 5.89. The molecular formula is C24H39ClOSi2. The van der Waals surface area contributed by atoms with E-state index >= 15 is 0 Å². The SMILES string of the molecule is CC(C)(C#C[Si](C)(C)C)COCc1ccccc1.CC(C)(Cl)C#C[Si](C)(C)C. The van der Waals surface area contributed by atoms with E-state index in [0.29, 0.717) is 13.2 Å². The quantitative estimate of drug-likeness (QED) is 0.281. The molecule has 0 spiro atoms. The van der Waals surface area contributed by atoms with Crippen molar-refractivity contribution in [3.8, 4) is 22.9 Å². The minimum Gasteiger partial charge on any atom is -0.375 e. The number of rotatable bonds is 4. The number of alkyl halides is 1. The minimum atomic E-state index is -1.29. The molecule has 0 aliphatic rings. The van der Waals surface area contributed by atoms with E-state index in [-0.39, 0.29) is 10.3 Å². The molecule has 0 aromatic heterocycles. The molecule has 0 atom stereocenters. The maximum atomic E-state index is 5.89. The third kappa shape index (κ3) is 18.4. The van der Waals surface area contributed by atoms with Gasteiger partial charge in [0.05, 0.1) is 18.1 Å². The molecule has 0 fully saturated rings. The van der Waals surface area contributed by atoms with Gasteiger partial charge in [-0.25, -0.2) is 0 Å². The molecule has 0 saturated heterocycles. The maximum Gasteiger partial charge on any atom is 0.129 e. The standard InChI is InChI=1S/C16H24OSi.C8H15ClSi/c1-16(2,11-12-18(3,4)5)14-17-13-15-9-7-6-8-10-15;1-8(2,9)6-7-10(3,4)5/h6-10H,13-14H2,1-5H3;1-5H3. The van der Waals surface area contributed by atoms with E-state index in [1.54, 1.807) is 0 Å². The van der Waals surface area contributed by atoms with Crippen LogP contribution in [0.4, 0.5) is 0 Å². The Hall–Kier alpha value is -0.976. The molecule has 0 heterocycles. The van der Waals surface area contributed by atoms with Crippen LogP contribution in [0.2, 0.25) is 39.3 Å². The Balaban J connectivity index is 0.000000621. The summed E-state index contributed by atoms with van der Waals surface area (Å²) in [4.78, 5) is -0.347. The van der Waals surface area contributed by atoms with Crippen LogP contribution >= 0.6 is 11.6 Å². The molecule has 1 rings (SSSR count). The number of hydrogen-bond acceptors (Lipinski definition) is 1. The maximum absolute atomic E-state index is 5.89. The fourth-order valence-electron chi connectivity index (χ4n) is 1.73. The molecule has 1 nitrogen and oxygen atoms in total. The van der Waals surface area contributed by atoms with Crippen LogP contribution in [-0.4, -0.2) is 27.6 Å². The van der Waals surface area contributed by atoms with E-state index in [4.69, 9.17) is 16.3 Å². The second-order valence-corrected chi connectivity index (χ2v) is 20.8. The van der Waals surface area contributed by atoms with Gasteiger partial charge in [0, 0.05) is 5.41 Å². The lowest BCUT2D eigenvalue weighted by Gasteiger charge is -2.18. The summed E-state index contributed by atoms with van der Waals surface area (Å²) in [6.07, 6.45) is 0. The molecule has 0 bridgehead atoms. The van der Waals surface area contributed by atoms with Gasteiger partial charge in [0.25, 0.3) is 0 Å². The summed E-state index contributed by atoms with van der Waals surface area (Å²) in [5.74, 6) is 6.41. The highest BCUT2D eigenvalue weighted by Gasteiger charge is 2.16. The second kappa shape index (κ2) is 11.3. The second-order valence-electron chi connectivity index (χ2n) is 10.3. The van der Waals surface area contributed by atoms with Gasteiger partial charge in [0.1, 0.15) is 16.1 Å². The van der Waals surface area contributed by atoms with Crippen molar-refractivity contribution in [3.05, 3.63) is 35.9 Å². The average molecular weight is 435 g/mol. The Morgan fingerprint density at radius 1 is 0.821 bits per heavy atom. The normalized spacial score (nSPS) is 12.0. The molecule has 1 aromatic carbocycles. The Morgan fingerprint density at radius 3 is 1.68 bits per heavy atom. The predicted octanol–water partition coefficient (Wildman–Crippen LogP) is 6.99. The average Bonchev–Trinajstić information content (AvgIpc) is 2.51. The Bertz CT molecular complexity index is 679. The first-order valence-corrected chi connectivity index (χ1v) is 17.3. The van der Waals surface area contributed by atoms with Gasteiger partial charge in [0.15, 0.2) is 0 Å². The highest BCUT2D eigenvalue weighted by Crippen LogP contribution is 2.16. The van der Waals surface area contributed by atoms with Gasteiger partial charge < -0.3 is 4.74 Å². The topological polar surface area (TPSA) is 9.23 Å². The van der Waals surface area contributed by atoms with E-state index < -0.39 is 16.1 Å². The summed E-state index contributed by atoms with van der Waals surface area (Å²) in [6.45, 7) is 22.9. The molecule has 0 radical (unpaired) electrons. The number of benzene rings is 1. The molecular weight excluding hydrogens is 396 g/mol. The Morgan fingerprint density at radius 2 is 1.29 bits per heavy atom. The monoisotopic (exact) mass is 434 g/mol. The van der Waals surface area contributed by atoms with Crippen molar-refractivity contribution in [2.75, 3.05) is 6.61 Å². The zero-order chi connectivity index (χ0) is 22.1. The van der Waals surface area contributed by atoms with E-state index in [2.05, 4.69) is 88.2 Å². The minimum absolute atomic E-state index is 0.0605. The number of ether oxygens (including phenoxy) is 1. The van der Waals surface area contributed by atoms with Gasteiger partial charge >= 0.3 is 0 Å². The van der Waals surface area contributed by atoms with Crippen LogP contribution < -0.4 is 0 Å². The van der Waals surface area contributed by atoms with Gasteiger partial charge in [-0.05, 0) is 33.3 Å². The van der Waals surface area contributed by atoms with Crippen LogP contribution in [0.25, 0.3) is 0 Å². The number of halogens is 1. The van der Waals surface area contributed by atoms with E-state index in [9.17, 15) is 0 Å². The first-order chi connectivity index (χ1) is 12.5. The van der Waals surface area contributed by atoms with Crippen LogP contribution in [0, 0.1) is 28.3 Å². The molecule has 0 N–H and O–H groups in total. The first-order valence-electron chi connectivity index (χ1n) is 9.88. The largest absolute Gasteiger partial charge is 0.375 e. The molecule has 28 heavy (non-hydrogen) atoms. The molecule has 4 heteroatoms. The third-order valence-corrected chi connectivity index (χ3v) is 4.93. The van der Waals surface area contributed by atoms with Gasteiger partial charge in [-0.2, -0.15) is 0 Å². The summed E-state index contributed by atoms with van der Waals surface area (Å²) in [6, 6.07) is 10.3. The Kier molecular flexibility index (Phi) is 10.9. The zero-order valence-corrected chi connectivity index (χ0v) is 22.3. The summed E-state index contributed by atoms with van der Waals surface area (Å²) in [5, 5.41) is 0. The van der Waals surface area contributed by atoms with Crippen LogP contribution in [0.3, 0.4) is 0 Å². The van der Waals surface area contributed by atoms with Crippen LogP contribution in [0.1, 0.15) is 33.3 Å². The van der Waals surface area contributed by atoms with E-state index in [1.165, 1.54) is 5.56 Å². The van der Waals surface area contributed by atoms with Crippen molar-refractivity contribution in [2.24, 2.45) is 5.41 Å². The molecule has 156 valence electrons. The molecule has 0 unspecified atom stereocenters. The van der Waals surface area contributed by atoms with Crippen LogP contribution in [0.5, 0.6) is 0 Å². The molecule has 0 amide bonds. The van der Waals surface area contributed by atoms with Crippen molar-refractivity contribution < 1.29 is 4.74 Å². The highest BCUT2D eigenvalue weighted by molar-refractivity contribution is 6.84. The summed E-state index contributed by atoms with van der Waals surface area (Å²) in [7, 11) is -2.50. The summed E-state index contributed by atoms with van der Waals surface area (Å²) < 4.78 is 5.76. The summed E-state index contributed by atoms with van der Waals surface area (Å²) in [5.41, 5.74) is 7.79. The molecule has 0 aliphatic heterocycles. The van der Waals surface area contributed by atoms with Crippen molar-refractivity contribution in [2.45, 2.75) is 78.5 Å². The van der Waals surface area contributed by atoms with Crippen LogP contribution in [-0.2, 0) is 11.3 Å². The van der Waals surface area contributed by atoms with E-state index in [1.807, 2.05) is 32.0 Å². The molecule has 0 aliphatic carbocycles. The van der Waals surface area contributed by atoms with E-state index in [0.717, 1.165) is 0 Å². The van der Waals surface area contributed by atoms with Gasteiger partial charge in [-0.15, -0.1) is 28.6 Å². The highest BCUT2D eigenvalue weighted by atomic mass is 35.5. The lowest BCUT2D eigenvalue weighted by Crippen LogP contribution is -2.21. The van der Waals surface area contributed by atoms with Crippen LogP contribution in [0.15, 0.2) is 30.3 Å². The van der Waals surface area contributed by atoms with Crippen molar-refractivity contribution >= 4 is 27.7 Å². The zero-order valence-electron chi connectivity index (χ0n) is 19.6. The van der Waals surface area contributed by atoms with Gasteiger partial charge in [-0.3, -0.25) is 0 Å². The fraction of sp³-hybridized carbons (Fsp3) is 0.583. The smallest absolute Gasteiger partial charge is 0.129 e. The first kappa shape index (κ1) is 27.0. The molecule has 1 aromatic rings. The molecule has 0 saturated carbocycles. The van der Waals surface area contributed by atoms with Crippen molar-refractivity contribution in [3.63, 3.8) is 0 Å². The Labute approximate surface area is 181 Å². The fourth-order valence-corrected chi connectivity index (χ4v) is 3.25. The van der Waals surface area contributed by atoms with Gasteiger partial charge in [0.2, 0.25) is 0 Å². The number of hydrogen-bond donors (Lipinski definition) is 0. The predicted molar refractivity (Wildman–Crippen MR) is 132 cm³/mol. The lowest BCUT2D eigenvalue weighted by atomic mass is 9.96. The lowest BCUT2D eigenvalue weighted by molar-refractivity contribution is 0.0753. The third-order valence-electron chi connectivity index (χ3n) is 3.09.